The molecule has 0 fully saturated rings. The van der Waals surface area contributed by atoms with Gasteiger partial charge in [0.1, 0.15) is 0 Å². The molecule has 4 nitrogen and oxygen atoms in total. The lowest BCUT2D eigenvalue weighted by molar-refractivity contribution is 0.0913. The predicted molar refractivity (Wildman–Crippen MR) is 57.6 cm³/mol. The van der Waals surface area contributed by atoms with E-state index in [0.29, 0.717) is 12.0 Å². The SMILES string of the molecule is CCC(O)CNC(=O)c1ccnc(C)c1. The van der Waals surface area contributed by atoms with Gasteiger partial charge in [-0.05, 0) is 25.5 Å². The zero-order valence-electron chi connectivity index (χ0n) is 9.03. The molecule has 4 heteroatoms. The summed E-state index contributed by atoms with van der Waals surface area (Å²) >= 11 is 0. The Balaban J connectivity index is 2.54. The van der Waals surface area contributed by atoms with Crippen LogP contribution in [0.25, 0.3) is 0 Å². The van der Waals surface area contributed by atoms with Crippen LogP contribution < -0.4 is 5.32 Å². The maximum absolute atomic E-state index is 11.6. The van der Waals surface area contributed by atoms with Crippen molar-refractivity contribution in [2.75, 3.05) is 6.54 Å². The first-order chi connectivity index (χ1) is 7.13. The Kier molecular flexibility index (Phi) is 4.24. The Morgan fingerprint density at radius 1 is 1.67 bits per heavy atom. The van der Waals surface area contributed by atoms with E-state index < -0.39 is 6.10 Å². The lowest BCUT2D eigenvalue weighted by atomic mass is 10.2. The zero-order chi connectivity index (χ0) is 11.3. The van der Waals surface area contributed by atoms with Gasteiger partial charge < -0.3 is 10.4 Å². The van der Waals surface area contributed by atoms with E-state index in [2.05, 4.69) is 10.3 Å². The fraction of sp³-hybridized carbons (Fsp3) is 0.455. The van der Waals surface area contributed by atoms with Gasteiger partial charge in [0.05, 0.1) is 6.10 Å². The monoisotopic (exact) mass is 208 g/mol. The summed E-state index contributed by atoms with van der Waals surface area (Å²) in [5.74, 6) is -0.173. The molecule has 1 unspecified atom stereocenters. The normalized spacial score (nSPS) is 12.2. The Morgan fingerprint density at radius 2 is 2.40 bits per heavy atom. The molecule has 2 N–H and O–H groups in total. The quantitative estimate of drug-likeness (QED) is 0.772. The van der Waals surface area contributed by atoms with Crippen LogP contribution in [0.3, 0.4) is 0 Å². The average Bonchev–Trinajstić information content (AvgIpc) is 2.25. The van der Waals surface area contributed by atoms with Crippen molar-refractivity contribution in [1.29, 1.82) is 0 Å². The lowest BCUT2D eigenvalue weighted by Crippen LogP contribution is -2.31. The van der Waals surface area contributed by atoms with Crippen LogP contribution >= 0.6 is 0 Å². The number of nitrogens with zero attached hydrogens (tertiary/aromatic N) is 1. The molecule has 1 atom stereocenters. The molecule has 0 aliphatic carbocycles. The Morgan fingerprint density at radius 3 is 3.00 bits per heavy atom. The number of carbonyl (C=O) groups excluding carboxylic acids is 1. The van der Waals surface area contributed by atoms with Gasteiger partial charge in [-0.25, -0.2) is 0 Å². The molecule has 0 aromatic carbocycles. The van der Waals surface area contributed by atoms with Crippen molar-refractivity contribution in [2.45, 2.75) is 26.4 Å². The highest BCUT2D eigenvalue weighted by Crippen LogP contribution is 2.00. The molecular formula is C11H16N2O2. The maximum Gasteiger partial charge on any atom is 0.251 e. The highest BCUT2D eigenvalue weighted by atomic mass is 16.3. The summed E-state index contributed by atoms with van der Waals surface area (Å²) in [7, 11) is 0. The fourth-order valence-electron chi connectivity index (χ4n) is 1.14. The summed E-state index contributed by atoms with van der Waals surface area (Å²) in [6.07, 6.45) is 1.76. The van der Waals surface area contributed by atoms with Crippen molar-refractivity contribution in [2.24, 2.45) is 0 Å². The molecule has 1 aromatic heterocycles. The van der Waals surface area contributed by atoms with Gasteiger partial charge in [-0.15, -0.1) is 0 Å². The van der Waals surface area contributed by atoms with Crippen molar-refractivity contribution in [3.8, 4) is 0 Å². The van der Waals surface area contributed by atoms with E-state index in [1.807, 2.05) is 13.8 Å². The molecule has 1 aromatic rings. The third kappa shape index (κ3) is 3.67. The van der Waals surface area contributed by atoms with Gasteiger partial charge in [-0.1, -0.05) is 6.92 Å². The summed E-state index contributed by atoms with van der Waals surface area (Å²) in [6.45, 7) is 3.99. The Bertz CT molecular complexity index is 339. The third-order valence-corrected chi connectivity index (χ3v) is 2.13. The highest BCUT2D eigenvalue weighted by molar-refractivity contribution is 5.94. The van der Waals surface area contributed by atoms with E-state index >= 15 is 0 Å². The topological polar surface area (TPSA) is 62.2 Å². The number of hydrogen-bond acceptors (Lipinski definition) is 3. The summed E-state index contributed by atoms with van der Waals surface area (Å²) in [4.78, 5) is 15.6. The number of aliphatic hydroxyl groups is 1. The van der Waals surface area contributed by atoms with E-state index in [0.717, 1.165) is 5.69 Å². The Hall–Kier alpha value is -1.42. The predicted octanol–water partition coefficient (Wildman–Crippen LogP) is 0.891. The standard InChI is InChI=1S/C11H16N2O2/c1-3-10(14)7-13-11(15)9-4-5-12-8(2)6-9/h4-6,10,14H,3,7H2,1-2H3,(H,13,15). The maximum atomic E-state index is 11.6. The average molecular weight is 208 g/mol. The molecule has 0 saturated heterocycles. The summed E-state index contributed by atoms with van der Waals surface area (Å²) in [5.41, 5.74) is 1.38. The minimum atomic E-state index is -0.475. The van der Waals surface area contributed by atoms with Crippen LogP contribution in [0, 0.1) is 6.92 Å². The smallest absolute Gasteiger partial charge is 0.251 e. The number of amides is 1. The number of nitrogens with one attached hydrogen (secondary N) is 1. The van der Waals surface area contributed by atoms with Gasteiger partial charge in [0, 0.05) is 24.0 Å². The van der Waals surface area contributed by atoms with Crippen molar-refractivity contribution >= 4 is 5.91 Å². The van der Waals surface area contributed by atoms with Gasteiger partial charge in [-0.3, -0.25) is 9.78 Å². The zero-order valence-corrected chi connectivity index (χ0v) is 9.03. The summed E-state index contributed by atoms with van der Waals surface area (Å²) in [6, 6.07) is 3.37. The molecule has 82 valence electrons. The number of hydrogen-bond donors (Lipinski definition) is 2. The molecule has 15 heavy (non-hydrogen) atoms. The van der Waals surface area contributed by atoms with E-state index in [1.54, 1.807) is 18.3 Å². The van der Waals surface area contributed by atoms with Crippen molar-refractivity contribution in [3.05, 3.63) is 29.6 Å². The molecule has 0 bridgehead atoms. The van der Waals surface area contributed by atoms with Crippen LogP contribution in [0.5, 0.6) is 0 Å². The second-order valence-corrected chi connectivity index (χ2v) is 3.46. The number of pyridine rings is 1. The molecule has 1 rings (SSSR count). The molecule has 0 saturated carbocycles. The fourth-order valence-corrected chi connectivity index (χ4v) is 1.14. The molecule has 0 spiro atoms. The molecule has 0 aliphatic heterocycles. The minimum Gasteiger partial charge on any atom is -0.391 e. The molecule has 0 aliphatic rings. The number of aliphatic hydroxyl groups excluding tert-OH is 1. The van der Waals surface area contributed by atoms with Gasteiger partial charge in [0.25, 0.3) is 5.91 Å². The molecular weight excluding hydrogens is 192 g/mol. The largest absolute Gasteiger partial charge is 0.391 e. The van der Waals surface area contributed by atoms with Crippen molar-refractivity contribution in [1.82, 2.24) is 10.3 Å². The number of aromatic nitrogens is 1. The second-order valence-electron chi connectivity index (χ2n) is 3.46. The molecule has 1 amide bonds. The molecule has 1 heterocycles. The van der Waals surface area contributed by atoms with Crippen LogP contribution in [0.15, 0.2) is 18.3 Å². The number of rotatable bonds is 4. The minimum absolute atomic E-state index is 0.173. The molecule has 0 radical (unpaired) electrons. The van der Waals surface area contributed by atoms with E-state index in [-0.39, 0.29) is 12.5 Å². The van der Waals surface area contributed by atoms with Gasteiger partial charge in [0.2, 0.25) is 0 Å². The van der Waals surface area contributed by atoms with Crippen molar-refractivity contribution < 1.29 is 9.90 Å². The Labute approximate surface area is 89.3 Å². The van der Waals surface area contributed by atoms with E-state index in [4.69, 9.17) is 0 Å². The van der Waals surface area contributed by atoms with Gasteiger partial charge in [-0.2, -0.15) is 0 Å². The van der Waals surface area contributed by atoms with Gasteiger partial charge in [0.15, 0.2) is 0 Å². The van der Waals surface area contributed by atoms with Crippen LogP contribution in [-0.2, 0) is 0 Å². The number of carbonyl (C=O) groups is 1. The summed E-state index contributed by atoms with van der Waals surface area (Å²) in [5, 5.41) is 11.9. The van der Waals surface area contributed by atoms with Gasteiger partial charge >= 0.3 is 0 Å². The third-order valence-electron chi connectivity index (χ3n) is 2.13. The van der Waals surface area contributed by atoms with Crippen LogP contribution in [0.2, 0.25) is 0 Å². The number of aryl methyl sites for hydroxylation is 1. The van der Waals surface area contributed by atoms with E-state index in [9.17, 15) is 9.90 Å². The van der Waals surface area contributed by atoms with Crippen LogP contribution in [-0.4, -0.2) is 28.6 Å². The first-order valence-electron chi connectivity index (χ1n) is 5.02. The van der Waals surface area contributed by atoms with Crippen LogP contribution in [0.4, 0.5) is 0 Å². The van der Waals surface area contributed by atoms with E-state index in [1.165, 1.54) is 0 Å². The summed E-state index contributed by atoms with van der Waals surface area (Å²) < 4.78 is 0. The lowest BCUT2D eigenvalue weighted by Gasteiger charge is -2.09. The van der Waals surface area contributed by atoms with Crippen LogP contribution in [0.1, 0.15) is 29.4 Å². The first kappa shape index (κ1) is 11.7. The van der Waals surface area contributed by atoms with Crippen molar-refractivity contribution in [3.63, 3.8) is 0 Å². The highest BCUT2D eigenvalue weighted by Gasteiger charge is 2.07. The first-order valence-corrected chi connectivity index (χ1v) is 5.02. The second kappa shape index (κ2) is 5.46.